The summed E-state index contributed by atoms with van der Waals surface area (Å²) in [5.41, 5.74) is 6.03. The first-order valence-electron chi connectivity index (χ1n) is 12.2. The molecule has 0 N–H and O–H groups in total. The molecule has 2 aromatic rings. The van der Waals surface area contributed by atoms with E-state index in [-0.39, 0.29) is 0 Å². The zero-order valence-electron chi connectivity index (χ0n) is 19.9. The van der Waals surface area contributed by atoms with Crippen LogP contribution in [0.15, 0.2) is 53.6 Å². The van der Waals surface area contributed by atoms with E-state index in [9.17, 15) is 4.79 Å². The standard InChI is InChI=1S/C27H34Cl2N4O/c1-31-26-11-10-24(33(15-12-28)16-13-29)18-25(26)30-27(31)23-5-2-14-32(20-23)19-22-8-6-21(7-9-22)4-3-17-34/h3-4,6,8,10-11,17-18,23H,2,5,7,9,12-16,19-20H2,1H3. The van der Waals surface area contributed by atoms with Crippen molar-refractivity contribution in [3.05, 3.63) is 59.5 Å². The molecule has 1 fully saturated rings. The maximum Gasteiger partial charge on any atom is 0.142 e. The zero-order valence-corrected chi connectivity index (χ0v) is 21.4. The summed E-state index contributed by atoms with van der Waals surface area (Å²) >= 11 is 12.0. The second-order valence-electron chi connectivity index (χ2n) is 9.20. The fourth-order valence-electron chi connectivity index (χ4n) is 5.17. The molecule has 0 spiro atoms. The molecule has 1 atom stereocenters. The van der Waals surface area contributed by atoms with Gasteiger partial charge in [0.25, 0.3) is 0 Å². The van der Waals surface area contributed by atoms with Gasteiger partial charge in [0, 0.05) is 56.6 Å². The molecule has 7 heteroatoms. The molecule has 0 bridgehead atoms. The molecule has 34 heavy (non-hydrogen) atoms. The Balaban J connectivity index is 1.47. The number of aryl methyl sites for hydroxylation is 1. The van der Waals surface area contributed by atoms with Gasteiger partial charge in [0.15, 0.2) is 0 Å². The third-order valence-electron chi connectivity index (χ3n) is 6.93. The van der Waals surface area contributed by atoms with E-state index in [1.807, 2.05) is 6.08 Å². The molecule has 1 aliphatic heterocycles. The Labute approximate surface area is 212 Å². The summed E-state index contributed by atoms with van der Waals surface area (Å²) in [4.78, 5) is 20.5. The van der Waals surface area contributed by atoms with Gasteiger partial charge in [-0.2, -0.15) is 0 Å². The number of aromatic nitrogens is 2. The normalized spacial score (nSPS) is 19.4. The van der Waals surface area contributed by atoms with Crippen molar-refractivity contribution in [2.75, 3.05) is 49.4 Å². The summed E-state index contributed by atoms with van der Waals surface area (Å²) in [6.45, 7) is 4.73. The Morgan fingerprint density at radius 2 is 2.00 bits per heavy atom. The van der Waals surface area contributed by atoms with Gasteiger partial charge in [-0.15, -0.1) is 23.2 Å². The van der Waals surface area contributed by atoms with Crippen molar-refractivity contribution in [3.63, 3.8) is 0 Å². The first-order chi connectivity index (χ1) is 16.6. The van der Waals surface area contributed by atoms with Crippen molar-refractivity contribution in [1.29, 1.82) is 0 Å². The second-order valence-corrected chi connectivity index (χ2v) is 9.96. The number of hydrogen-bond donors (Lipinski definition) is 0. The predicted octanol–water partition coefficient (Wildman–Crippen LogP) is 5.44. The minimum absolute atomic E-state index is 0.433. The molecule has 5 nitrogen and oxygen atoms in total. The minimum Gasteiger partial charge on any atom is -0.369 e. The number of allylic oxidation sites excluding steroid dienone is 5. The van der Waals surface area contributed by atoms with Crippen LogP contribution < -0.4 is 4.90 Å². The van der Waals surface area contributed by atoms with E-state index in [0.29, 0.717) is 17.7 Å². The number of imidazole rings is 1. The molecule has 1 unspecified atom stereocenters. The van der Waals surface area contributed by atoms with Crippen LogP contribution >= 0.6 is 23.2 Å². The molecule has 1 aromatic heterocycles. The van der Waals surface area contributed by atoms with Gasteiger partial charge in [0.2, 0.25) is 0 Å². The fraction of sp³-hybridized carbons (Fsp3) is 0.481. The number of benzene rings is 1. The lowest BCUT2D eigenvalue weighted by Gasteiger charge is -2.33. The smallest absolute Gasteiger partial charge is 0.142 e. The fourth-order valence-corrected chi connectivity index (χ4v) is 5.58. The average Bonchev–Trinajstić information content (AvgIpc) is 3.19. The van der Waals surface area contributed by atoms with E-state index in [1.165, 1.54) is 35.3 Å². The van der Waals surface area contributed by atoms with E-state index < -0.39 is 0 Å². The number of fused-ring (bicyclic) bond motifs is 1. The Bertz CT molecular complexity index is 1080. The van der Waals surface area contributed by atoms with Gasteiger partial charge in [-0.25, -0.2) is 4.98 Å². The van der Waals surface area contributed by atoms with Crippen molar-refractivity contribution in [3.8, 4) is 0 Å². The number of rotatable bonds is 10. The van der Waals surface area contributed by atoms with Gasteiger partial charge in [0.05, 0.1) is 11.0 Å². The Kier molecular flexibility index (Phi) is 8.87. The molecular weight excluding hydrogens is 467 g/mol. The van der Waals surface area contributed by atoms with Crippen LogP contribution in [0.25, 0.3) is 11.0 Å². The van der Waals surface area contributed by atoms with Crippen LogP contribution in [0.4, 0.5) is 5.69 Å². The summed E-state index contributed by atoms with van der Waals surface area (Å²) in [5.74, 6) is 2.76. The van der Waals surface area contributed by atoms with Crippen LogP contribution in [-0.2, 0) is 11.8 Å². The maximum absolute atomic E-state index is 10.5. The summed E-state index contributed by atoms with van der Waals surface area (Å²) < 4.78 is 2.27. The first-order valence-corrected chi connectivity index (χ1v) is 13.3. The summed E-state index contributed by atoms with van der Waals surface area (Å²) in [6, 6.07) is 6.50. The number of carbonyl (C=O) groups excluding carboxylic acids is 1. The Morgan fingerprint density at radius 1 is 1.18 bits per heavy atom. The highest BCUT2D eigenvalue weighted by atomic mass is 35.5. The van der Waals surface area contributed by atoms with Gasteiger partial charge < -0.3 is 9.47 Å². The number of halogens is 2. The van der Waals surface area contributed by atoms with E-state index >= 15 is 0 Å². The summed E-state index contributed by atoms with van der Waals surface area (Å²) in [7, 11) is 2.14. The molecule has 2 aliphatic rings. The van der Waals surface area contributed by atoms with Crippen molar-refractivity contribution >= 4 is 46.2 Å². The topological polar surface area (TPSA) is 41.4 Å². The van der Waals surface area contributed by atoms with E-state index in [0.717, 1.165) is 63.1 Å². The predicted molar refractivity (Wildman–Crippen MR) is 143 cm³/mol. The number of hydrogen-bond acceptors (Lipinski definition) is 4. The molecule has 2 heterocycles. The monoisotopic (exact) mass is 500 g/mol. The van der Waals surface area contributed by atoms with Crippen molar-refractivity contribution in [1.82, 2.24) is 14.5 Å². The van der Waals surface area contributed by atoms with Crippen LogP contribution in [0.3, 0.4) is 0 Å². The van der Waals surface area contributed by atoms with Gasteiger partial charge in [0.1, 0.15) is 12.1 Å². The molecule has 4 rings (SSSR count). The minimum atomic E-state index is 0.433. The number of carbonyl (C=O) groups is 1. The first kappa shape index (κ1) is 25.0. The highest BCUT2D eigenvalue weighted by Gasteiger charge is 2.26. The van der Waals surface area contributed by atoms with Crippen LogP contribution in [0.2, 0.25) is 0 Å². The molecule has 0 amide bonds. The van der Waals surface area contributed by atoms with E-state index in [4.69, 9.17) is 28.2 Å². The van der Waals surface area contributed by atoms with Crippen LogP contribution in [0.1, 0.15) is 37.4 Å². The van der Waals surface area contributed by atoms with Crippen LogP contribution in [0, 0.1) is 0 Å². The maximum atomic E-state index is 10.5. The van der Waals surface area contributed by atoms with E-state index in [1.54, 1.807) is 6.08 Å². The molecule has 1 aliphatic carbocycles. The van der Waals surface area contributed by atoms with Crippen LogP contribution in [-0.4, -0.2) is 65.2 Å². The summed E-state index contributed by atoms with van der Waals surface area (Å²) in [6.07, 6.45) is 13.1. The largest absolute Gasteiger partial charge is 0.369 e. The van der Waals surface area contributed by atoms with Gasteiger partial charge in [-0.05, 0) is 62.1 Å². The zero-order chi connectivity index (χ0) is 23.9. The third-order valence-corrected chi connectivity index (χ3v) is 7.27. The number of anilines is 1. The molecule has 1 saturated heterocycles. The molecular formula is C27H34Cl2N4O. The quantitative estimate of drug-likeness (QED) is 0.247. The Hall–Kier alpha value is -2.08. The highest BCUT2D eigenvalue weighted by Crippen LogP contribution is 2.31. The SMILES string of the molecule is Cn1c(C2CCCN(CC3=CC=C(C=CC=O)CC3)C2)nc2cc(N(CCCl)CCCl)ccc21. The third kappa shape index (κ3) is 5.94. The van der Waals surface area contributed by atoms with Gasteiger partial charge >= 0.3 is 0 Å². The molecule has 182 valence electrons. The summed E-state index contributed by atoms with van der Waals surface area (Å²) in [5, 5.41) is 0. The lowest BCUT2D eigenvalue weighted by Crippen LogP contribution is -2.36. The van der Waals surface area contributed by atoms with Crippen molar-refractivity contribution in [2.45, 2.75) is 31.6 Å². The van der Waals surface area contributed by atoms with Gasteiger partial charge in [-0.1, -0.05) is 23.8 Å². The molecule has 1 aromatic carbocycles. The van der Waals surface area contributed by atoms with Crippen LogP contribution in [0.5, 0.6) is 0 Å². The van der Waals surface area contributed by atoms with Gasteiger partial charge in [-0.3, -0.25) is 9.69 Å². The average molecular weight is 502 g/mol. The van der Waals surface area contributed by atoms with Crippen molar-refractivity contribution in [2.24, 2.45) is 7.05 Å². The number of aldehydes is 1. The van der Waals surface area contributed by atoms with E-state index in [2.05, 4.69) is 51.8 Å². The number of nitrogens with zero attached hydrogens (tertiary/aromatic N) is 4. The number of alkyl halides is 2. The lowest BCUT2D eigenvalue weighted by atomic mass is 9.94. The number of piperidine rings is 1. The molecule has 0 radical (unpaired) electrons. The number of likely N-dealkylation sites (tertiary alicyclic amines) is 1. The highest BCUT2D eigenvalue weighted by molar-refractivity contribution is 6.18. The second kappa shape index (κ2) is 12.1. The lowest BCUT2D eigenvalue weighted by molar-refractivity contribution is -0.104. The van der Waals surface area contributed by atoms with Crippen molar-refractivity contribution < 1.29 is 4.79 Å². The molecule has 0 saturated carbocycles. The Morgan fingerprint density at radius 3 is 2.71 bits per heavy atom.